The van der Waals surface area contributed by atoms with Crippen LogP contribution in [0.3, 0.4) is 0 Å². The molecular formula is C14H12Br2N2O2. The van der Waals surface area contributed by atoms with Gasteiger partial charge in [-0.1, -0.05) is 30.3 Å². The number of rotatable bonds is 4. The maximum absolute atomic E-state index is 11.9. The van der Waals surface area contributed by atoms with Gasteiger partial charge in [-0.05, 0) is 43.5 Å². The number of nitrogens with one attached hydrogen (secondary N) is 1. The fourth-order valence-electron chi connectivity index (χ4n) is 1.69. The lowest BCUT2D eigenvalue weighted by atomic mass is 10.2. The zero-order valence-electron chi connectivity index (χ0n) is 10.5. The molecule has 1 aromatic carbocycles. The van der Waals surface area contributed by atoms with Gasteiger partial charge in [0.05, 0.1) is 4.47 Å². The van der Waals surface area contributed by atoms with Gasteiger partial charge in [0.15, 0.2) is 0 Å². The minimum absolute atomic E-state index is 0.0102. The summed E-state index contributed by atoms with van der Waals surface area (Å²) < 4.78 is 2.51. The number of pyridine rings is 1. The smallest absolute Gasteiger partial charge is 0.265 e. The predicted molar refractivity (Wildman–Crippen MR) is 84.4 cm³/mol. The summed E-state index contributed by atoms with van der Waals surface area (Å²) in [5, 5.41) is 2.78. The normalized spacial score (nSPS) is 10.3. The molecule has 20 heavy (non-hydrogen) atoms. The van der Waals surface area contributed by atoms with Gasteiger partial charge in [0.25, 0.3) is 5.56 Å². The zero-order chi connectivity index (χ0) is 14.5. The van der Waals surface area contributed by atoms with E-state index in [1.54, 1.807) is 12.3 Å². The van der Waals surface area contributed by atoms with Gasteiger partial charge in [-0.3, -0.25) is 9.59 Å². The van der Waals surface area contributed by atoms with Gasteiger partial charge in [0.1, 0.15) is 6.54 Å². The first-order valence-corrected chi connectivity index (χ1v) is 7.51. The van der Waals surface area contributed by atoms with Crippen LogP contribution in [-0.4, -0.2) is 10.5 Å². The van der Waals surface area contributed by atoms with Crippen molar-refractivity contribution in [3.8, 4) is 0 Å². The molecule has 1 N–H and O–H groups in total. The average molecular weight is 400 g/mol. The Morgan fingerprint density at radius 2 is 1.90 bits per heavy atom. The Morgan fingerprint density at radius 1 is 1.20 bits per heavy atom. The molecule has 2 aromatic rings. The summed E-state index contributed by atoms with van der Waals surface area (Å²) in [5.41, 5.74) is 0.784. The Balaban J connectivity index is 2.00. The second-order valence-corrected chi connectivity index (χ2v) is 5.97. The van der Waals surface area contributed by atoms with Gasteiger partial charge in [0.2, 0.25) is 5.91 Å². The van der Waals surface area contributed by atoms with E-state index in [-0.39, 0.29) is 18.0 Å². The highest BCUT2D eigenvalue weighted by atomic mass is 79.9. The summed E-state index contributed by atoms with van der Waals surface area (Å²) >= 11 is 6.46. The zero-order valence-corrected chi connectivity index (χ0v) is 13.6. The molecule has 0 saturated heterocycles. The number of carbonyl (C=O) groups excluding carboxylic acids is 1. The molecule has 0 bridgehead atoms. The molecule has 1 aromatic heterocycles. The molecule has 0 aliphatic rings. The van der Waals surface area contributed by atoms with Crippen molar-refractivity contribution < 1.29 is 4.79 Å². The molecule has 0 aliphatic heterocycles. The van der Waals surface area contributed by atoms with Gasteiger partial charge >= 0.3 is 0 Å². The van der Waals surface area contributed by atoms with Gasteiger partial charge in [-0.15, -0.1) is 0 Å². The molecule has 0 aliphatic carbocycles. The van der Waals surface area contributed by atoms with E-state index in [0.717, 1.165) is 10.0 Å². The molecule has 0 unspecified atom stereocenters. The highest BCUT2D eigenvalue weighted by Gasteiger charge is 2.07. The van der Waals surface area contributed by atoms with E-state index in [0.29, 0.717) is 11.0 Å². The maximum atomic E-state index is 11.9. The highest BCUT2D eigenvalue weighted by molar-refractivity contribution is 9.11. The number of hydrogen-bond acceptors (Lipinski definition) is 2. The Hall–Kier alpha value is -1.40. The third-order valence-corrected chi connectivity index (χ3v) is 3.66. The Morgan fingerprint density at radius 3 is 2.60 bits per heavy atom. The van der Waals surface area contributed by atoms with Crippen LogP contribution in [0.4, 0.5) is 0 Å². The first-order valence-electron chi connectivity index (χ1n) is 5.92. The fourth-order valence-corrected chi connectivity index (χ4v) is 2.95. The molecule has 4 nitrogen and oxygen atoms in total. The summed E-state index contributed by atoms with van der Waals surface area (Å²) in [4.78, 5) is 23.7. The number of amides is 1. The Kier molecular flexibility index (Phi) is 5.14. The standard InChI is InChI=1S/C14H12Br2N2O2/c15-11-6-12(16)14(20)18(8-11)9-13(19)17-7-10-4-2-1-3-5-10/h1-6,8H,7,9H2,(H,17,19). The quantitative estimate of drug-likeness (QED) is 0.859. The predicted octanol–water partition coefficient (Wildman–Crippen LogP) is 2.69. The van der Waals surface area contributed by atoms with E-state index < -0.39 is 0 Å². The molecule has 1 heterocycles. The lowest BCUT2D eigenvalue weighted by Gasteiger charge is -2.08. The number of aromatic nitrogens is 1. The summed E-state index contributed by atoms with van der Waals surface area (Å²) in [6.07, 6.45) is 1.59. The summed E-state index contributed by atoms with van der Waals surface area (Å²) in [6.45, 7) is 0.438. The van der Waals surface area contributed by atoms with Crippen molar-refractivity contribution in [3.05, 3.63) is 67.5 Å². The van der Waals surface area contributed by atoms with Crippen LogP contribution < -0.4 is 10.9 Å². The van der Waals surface area contributed by atoms with E-state index in [2.05, 4.69) is 37.2 Å². The number of halogens is 2. The largest absolute Gasteiger partial charge is 0.350 e. The first kappa shape index (κ1) is 15.0. The van der Waals surface area contributed by atoms with Crippen LogP contribution in [0.15, 0.2) is 56.3 Å². The van der Waals surface area contributed by atoms with Crippen molar-refractivity contribution in [1.82, 2.24) is 9.88 Å². The Labute approximate surface area is 133 Å². The van der Waals surface area contributed by atoms with E-state index in [9.17, 15) is 9.59 Å². The summed E-state index contributed by atoms with van der Waals surface area (Å²) in [5.74, 6) is -0.207. The Bertz CT molecular complexity index is 669. The first-order chi connectivity index (χ1) is 9.56. The second-order valence-electron chi connectivity index (χ2n) is 4.20. The van der Waals surface area contributed by atoms with Gasteiger partial charge < -0.3 is 9.88 Å². The van der Waals surface area contributed by atoms with Gasteiger partial charge in [0, 0.05) is 17.2 Å². The van der Waals surface area contributed by atoms with E-state index >= 15 is 0 Å². The van der Waals surface area contributed by atoms with Crippen LogP contribution >= 0.6 is 31.9 Å². The molecule has 104 valence electrons. The molecule has 6 heteroatoms. The number of carbonyl (C=O) groups is 1. The van der Waals surface area contributed by atoms with E-state index in [1.807, 2.05) is 30.3 Å². The summed E-state index contributed by atoms with van der Waals surface area (Å²) in [7, 11) is 0. The molecule has 1 amide bonds. The second kappa shape index (κ2) is 6.85. The molecule has 0 atom stereocenters. The van der Waals surface area contributed by atoms with Crippen LogP contribution in [0.25, 0.3) is 0 Å². The third-order valence-electron chi connectivity index (χ3n) is 2.66. The molecule has 2 rings (SSSR count). The number of nitrogens with zero attached hydrogens (tertiary/aromatic N) is 1. The van der Waals surface area contributed by atoms with Crippen molar-refractivity contribution in [2.45, 2.75) is 13.1 Å². The SMILES string of the molecule is O=C(Cn1cc(Br)cc(Br)c1=O)NCc1ccccc1. The molecule has 0 spiro atoms. The number of benzene rings is 1. The van der Waals surface area contributed by atoms with Crippen LogP contribution in [0.5, 0.6) is 0 Å². The maximum Gasteiger partial charge on any atom is 0.265 e. The molecular weight excluding hydrogens is 388 g/mol. The van der Waals surface area contributed by atoms with Crippen LogP contribution in [0.1, 0.15) is 5.56 Å². The highest BCUT2D eigenvalue weighted by Crippen LogP contribution is 2.12. The number of hydrogen-bond donors (Lipinski definition) is 1. The fraction of sp³-hybridized carbons (Fsp3) is 0.143. The average Bonchev–Trinajstić information content (AvgIpc) is 2.43. The van der Waals surface area contributed by atoms with Crippen molar-refractivity contribution in [3.63, 3.8) is 0 Å². The van der Waals surface area contributed by atoms with E-state index in [1.165, 1.54) is 4.57 Å². The minimum Gasteiger partial charge on any atom is -0.350 e. The van der Waals surface area contributed by atoms with Gasteiger partial charge in [-0.2, -0.15) is 0 Å². The molecule has 0 radical (unpaired) electrons. The molecule has 0 fully saturated rings. The minimum atomic E-state index is -0.233. The lowest BCUT2D eigenvalue weighted by molar-refractivity contribution is -0.121. The van der Waals surface area contributed by atoms with E-state index in [4.69, 9.17) is 0 Å². The monoisotopic (exact) mass is 398 g/mol. The lowest BCUT2D eigenvalue weighted by Crippen LogP contribution is -2.32. The van der Waals surface area contributed by atoms with Crippen molar-refractivity contribution >= 4 is 37.8 Å². The van der Waals surface area contributed by atoms with Crippen LogP contribution in [0, 0.1) is 0 Å². The summed E-state index contributed by atoms with van der Waals surface area (Å²) in [6, 6.07) is 11.3. The van der Waals surface area contributed by atoms with Crippen molar-refractivity contribution in [1.29, 1.82) is 0 Å². The molecule has 0 saturated carbocycles. The third kappa shape index (κ3) is 4.05. The van der Waals surface area contributed by atoms with Crippen LogP contribution in [-0.2, 0) is 17.9 Å². The van der Waals surface area contributed by atoms with Crippen LogP contribution in [0.2, 0.25) is 0 Å². The van der Waals surface area contributed by atoms with Crippen molar-refractivity contribution in [2.24, 2.45) is 0 Å². The van der Waals surface area contributed by atoms with Gasteiger partial charge in [-0.25, -0.2) is 0 Å². The van der Waals surface area contributed by atoms with Crippen molar-refractivity contribution in [2.75, 3.05) is 0 Å². The topological polar surface area (TPSA) is 51.1 Å².